The fourth-order valence-electron chi connectivity index (χ4n) is 3.82. The summed E-state index contributed by atoms with van der Waals surface area (Å²) < 4.78 is 16.6. The van der Waals surface area contributed by atoms with Crippen LogP contribution in [-0.2, 0) is 9.47 Å². The van der Waals surface area contributed by atoms with Crippen LogP contribution in [0.25, 0.3) is 0 Å². The third-order valence-corrected chi connectivity index (χ3v) is 5.57. The monoisotopic (exact) mass is 434 g/mol. The number of nitrogens with one attached hydrogen (secondary N) is 1. The molecule has 0 spiro atoms. The molecule has 2 heterocycles. The van der Waals surface area contributed by atoms with E-state index in [9.17, 15) is 9.59 Å². The molecule has 0 aliphatic carbocycles. The van der Waals surface area contributed by atoms with Crippen LogP contribution in [-0.4, -0.2) is 112 Å². The van der Waals surface area contributed by atoms with E-state index in [0.29, 0.717) is 50.6 Å². The smallest absolute Gasteiger partial charge is 0.317 e. The average molecular weight is 435 g/mol. The minimum Gasteiger partial charge on any atom is -0.497 e. The molecular formula is C22H34N4O5. The molecule has 0 saturated carbocycles. The molecule has 2 aliphatic heterocycles. The predicted molar refractivity (Wildman–Crippen MR) is 117 cm³/mol. The van der Waals surface area contributed by atoms with Gasteiger partial charge in [-0.2, -0.15) is 0 Å². The summed E-state index contributed by atoms with van der Waals surface area (Å²) in [5, 5.41) is 2.84. The van der Waals surface area contributed by atoms with Crippen molar-refractivity contribution in [2.24, 2.45) is 0 Å². The Morgan fingerprint density at radius 2 is 2.03 bits per heavy atom. The van der Waals surface area contributed by atoms with Crippen molar-refractivity contribution < 1.29 is 23.8 Å². The zero-order valence-corrected chi connectivity index (χ0v) is 18.5. The van der Waals surface area contributed by atoms with Gasteiger partial charge in [-0.15, -0.1) is 0 Å². The van der Waals surface area contributed by atoms with E-state index in [2.05, 4.69) is 10.2 Å². The second kappa shape index (κ2) is 11.9. The van der Waals surface area contributed by atoms with Crippen LogP contribution in [0.3, 0.4) is 0 Å². The summed E-state index contributed by atoms with van der Waals surface area (Å²) in [5.41, 5.74) is 0.581. The van der Waals surface area contributed by atoms with E-state index in [1.807, 2.05) is 24.0 Å². The van der Waals surface area contributed by atoms with E-state index in [4.69, 9.17) is 14.2 Å². The number of methoxy groups -OCH3 is 1. The van der Waals surface area contributed by atoms with Crippen molar-refractivity contribution in [2.45, 2.75) is 13.0 Å². The first-order valence-corrected chi connectivity index (χ1v) is 11.0. The van der Waals surface area contributed by atoms with Gasteiger partial charge in [0.1, 0.15) is 5.75 Å². The van der Waals surface area contributed by atoms with Crippen LogP contribution in [0.1, 0.15) is 17.3 Å². The van der Waals surface area contributed by atoms with Gasteiger partial charge in [-0.3, -0.25) is 9.69 Å². The number of nitrogens with zero attached hydrogens (tertiary/aromatic N) is 3. The molecule has 2 aliphatic rings. The van der Waals surface area contributed by atoms with Gasteiger partial charge in [0, 0.05) is 51.4 Å². The van der Waals surface area contributed by atoms with Gasteiger partial charge in [-0.05, 0) is 25.1 Å². The van der Waals surface area contributed by atoms with Crippen molar-refractivity contribution in [3.8, 4) is 5.75 Å². The number of hydrogen-bond donors (Lipinski definition) is 1. The number of carbonyl (C=O) groups excluding carboxylic acids is 2. The van der Waals surface area contributed by atoms with Gasteiger partial charge in [0.25, 0.3) is 5.91 Å². The second-order valence-electron chi connectivity index (χ2n) is 7.71. The highest BCUT2D eigenvalue weighted by Gasteiger charge is 2.28. The molecule has 172 valence electrons. The zero-order chi connectivity index (χ0) is 22.1. The van der Waals surface area contributed by atoms with E-state index >= 15 is 0 Å². The van der Waals surface area contributed by atoms with Crippen molar-refractivity contribution in [3.63, 3.8) is 0 Å². The van der Waals surface area contributed by atoms with Crippen LogP contribution >= 0.6 is 0 Å². The molecule has 1 aromatic rings. The first-order valence-electron chi connectivity index (χ1n) is 11.0. The molecule has 9 heteroatoms. The molecule has 0 radical (unpaired) electrons. The van der Waals surface area contributed by atoms with Crippen molar-refractivity contribution in [2.75, 3.05) is 79.3 Å². The Balaban J connectivity index is 1.68. The number of hydrogen-bond acceptors (Lipinski definition) is 6. The first-order chi connectivity index (χ1) is 15.1. The highest BCUT2D eigenvalue weighted by molar-refractivity contribution is 5.94. The minimum atomic E-state index is -0.226. The largest absolute Gasteiger partial charge is 0.497 e. The zero-order valence-electron chi connectivity index (χ0n) is 18.5. The Morgan fingerprint density at radius 3 is 2.77 bits per heavy atom. The van der Waals surface area contributed by atoms with Gasteiger partial charge in [-0.25, -0.2) is 4.79 Å². The molecule has 0 bridgehead atoms. The van der Waals surface area contributed by atoms with Gasteiger partial charge in [0.05, 0.1) is 39.6 Å². The van der Waals surface area contributed by atoms with Crippen LogP contribution in [0.2, 0.25) is 0 Å². The number of amides is 3. The maximum absolute atomic E-state index is 13.4. The van der Waals surface area contributed by atoms with Crippen LogP contribution in [0, 0.1) is 0 Å². The second-order valence-corrected chi connectivity index (χ2v) is 7.71. The highest BCUT2D eigenvalue weighted by Crippen LogP contribution is 2.16. The van der Waals surface area contributed by atoms with Crippen molar-refractivity contribution >= 4 is 11.9 Å². The predicted octanol–water partition coefficient (Wildman–Crippen LogP) is 0.900. The summed E-state index contributed by atoms with van der Waals surface area (Å²) in [4.78, 5) is 31.5. The normalized spacial score (nSPS) is 19.7. The maximum atomic E-state index is 13.4. The Morgan fingerprint density at radius 1 is 1.23 bits per heavy atom. The molecule has 2 fully saturated rings. The number of ether oxygens (including phenoxy) is 3. The fraction of sp³-hybridized carbons (Fsp3) is 0.636. The van der Waals surface area contributed by atoms with Gasteiger partial charge in [-0.1, -0.05) is 6.07 Å². The molecule has 1 N–H and O–H groups in total. The standard InChI is InChI=1S/C22H34N4O5/c1-3-23-22(28)26-11-14-31-20(17-26)16-25(8-7-24-9-12-30-13-10-24)21(27)18-5-4-6-19(15-18)29-2/h4-6,15,20H,3,7-14,16-17H2,1-2H3,(H,23,28). The number of morpholine rings is 2. The summed E-state index contributed by atoms with van der Waals surface area (Å²) in [6.45, 7) is 8.92. The topological polar surface area (TPSA) is 83.6 Å². The van der Waals surface area contributed by atoms with Crippen LogP contribution in [0.15, 0.2) is 24.3 Å². The molecular weight excluding hydrogens is 400 g/mol. The lowest BCUT2D eigenvalue weighted by Crippen LogP contribution is -2.53. The number of carbonyl (C=O) groups is 2. The van der Waals surface area contributed by atoms with Crippen LogP contribution in [0.5, 0.6) is 5.75 Å². The average Bonchev–Trinajstić information content (AvgIpc) is 2.82. The third-order valence-electron chi connectivity index (χ3n) is 5.57. The number of urea groups is 1. The van der Waals surface area contributed by atoms with Gasteiger partial charge >= 0.3 is 6.03 Å². The third kappa shape index (κ3) is 6.81. The molecule has 31 heavy (non-hydrogen) atoms. The Labute approximate surface area is 184 Å². The number of rotatable bonds is 8. The Hall–Kier alpha value is -2.36. The van der Waals surface area contributed by atoms with Crippen molar-refractivity contribution in [3.05, 3.63) is 29.8 Å². The lowest BCUT2D eigenvalue weighted by Gasteiger charge is -2.36. The van der Waals surface area contributed by atoms with E-state index in [1.165, 1.54) is 0 Å². The van der Waals surface area contributed by atoms with E-state index < -0.39 is 0 Å². The van der Waals surface area contributed by atoms with E-state index in [-0.39, 0.29) is 18.0 Å². The van der Waals surface area contributed by atoms with Gasteiger partial charge in [0.2, 0.25) is 0 Å². The first kappa shape index (κ1) is 23.3. The summed E-state index contributed by atoms with van der Waals surface area (Å²) in [5.74, 6) is 0.584. The summed E-state index contributed by atoms with van der Waals surface area (Å²) in [6.07, 6.45) is -0.226. The van der Waals surface area contributed by atoms with E-state index in [0.717, 1.165) is 32.8 Å². The minimum absolute atomic E-state index is 0.0640. The lowest BCUT2D eigenvalue weighted by atomic mass is 10.1. The molecule has 0 aromatic heterocycles. The molecule has 9 nitrogen and oxygen atoms in total. The SMILES string of the molecule is CCNC(=O)N1CCOC(CN(CCN2CCOCC2)C(=O)c2cccc(OC)c2)C1. The summed E-state index contributed by atoms with van der Waals surface area (Å²) >= 11 is 0. The number of benzene rings is 1. The van der Waals surface area contributed by atoms with Crippen molar-refractivity contribution in [1.82, 2.24) is 20.0 Å². The summed E-state index contributed by atoms with van der Waals surface area (Å²) in [6, 6.07) is 7.11. The Bertz CT molecular complexity index is 726. The van der Waals surface area contributed by atoms with E-state index in [1.54, 1.807) is 24.1 Å². The molecule has 1 unspecified atom stereocenters. The van der Waals surface area contributed by atoms with Crippen LogP contribution in [0.4, 0.5) is 4.79 Å². The highest BCUT2D eigenvalue weighted by atomic mass is 16.5. The van der Waals surface area contributed by atoms with Gasteiger partial charge < -0.3 is 29.3 Å². The van der Waals surface area contributed by atoms with Crippen LogP contribution < -0.4 is 10.1 Å². The molecule has 2 saturated heterocycles. The maximum Gasteiger partial charge on any atom is 0.317 e. The van der Waals surface area contributed by atoms with Gasteiger partial charge in [0.15, 0.2) is 0 Å². The quantitative estimate of drug-likeness (QED) is 0.655. The lowest BCUT2D eigenvalue weighted by molar-refractivity contribution is -0.0296. The fourth-order valence-corrected chi connectivity index (χ4v) is 3.82. The Kier molecular flexibility index (Phi) is 8.93. The van der Waals surface area contributed by atoms with Crippen molar-refractivity contribution in [1.29, 1.82) is 0 Å². The molecule has 1 atom stereocenters. The molecule has 3 amide bonds. The summed E-state index contributed by atoms with van der Waals surface area (Å²) in [7, 11) is 1.59. The molecule has 1 aromatic carbocycles. The molecule has 3 rings (SSSR count).